The summed E-state index contributed by atoms with van der Waals surface area (Å²) < 4.78 is 0. The van der Waals surface area contributed by atoms with E-state index in [-0.39, 0.29) is 0 Å². The van der Waals surface area contributed by atoms with Crippen molar-refractivity contribution in [2.24, 2.45) is 22.2 Å². The van der Waals surface area contributed by atoms with Gasteiger partial charge in [0.2, 0.25) is 0 Å². The molecule has 1 spiro atoms. The van der Waals surface area contributed by atoms with E-state index in [2.05, 4.69) is 12.2 Å². The standard InChI is InChI=1S/C17H30N2S/c1-14-4-6-15(7-5-14)8-11-18-16-19-12-17(13-20-16)9-2-3-10-17/h14-15H,2-13H2,1H3,(H,18,19). The van der Waals surface area contributed by atoms with Crippen LogP contribution in [0.15, 0.2) is 4.99 Å². The fraction of sp³-hybridized carbons (Fsp3) is 0.941. The first-order chi connectivity index (χ1) is 9.76. The van der Waals surface area contributed by atoms with E-state index in [1.54, 1.807) is 0 Å². The molecule has 0 saturated heterocycles. The molecule has 0 bridgehead atoms. The van der Waals surface area contributed by atoms with Crippen molar-refractivity contribution < 1.29 is 0 Å². The van der Waals surface area contributed by atoms with Gasteiger partial charge in [0, 0.05) is 18.8 Å². The molecular formula is C17H30N2S. The molecule has 114 valence electrons. The van der Waals surface area contributed by atoms with Gasteiger partial charge in [-0.2, -0.15) is 0 Å². The topological polar surface area (TPSA) is 24.4 Å². The van der Waals surface area contributed by atoms with Crippen LogP contribution < -0.4 is 5.32 Å². The molecule has 2 nitrogen and oxygen atoms in total. The number of hydrogen-bond acceptors (Lipinski definition) is 3. The van der Waals surface area contributed by atoms with Crippen LogP contribution in [-0.2, 0) is 0 Å². The van der Waals surface area contributed by atoms with Gasteiger partial charge in [-0.1, -0.05) is 57.2 Å². The van der Waals surface area contributed by atoms with Gasteiger partial charge in [0.05, 0.1) is 0 Å². The van der Waals surface area contributed by atoms with Crippen molar-refractivity contribution in [1.82, 2.24) is 5.32 Å². The van der Waals surface area contributed by atoms with Gasteiger partial charge in [-0.15, -0.1) is 0 Å². The zero-order valence-electron chi connectivity index (χ0n) is 13.0. The molecule has 1 heterocycles. The molecule has 3 heteroatoms. The number of rotatable bonds is 3. The third-order valence-electron chi connectivity index (χ3n) is 5.70. The second-order valence-electron chi connectivity index (χ2n) is 7.46. The van der Waals surface area contributed by atoms with E-state index in [9.17, 15) is 0 Å². The second-order valence-corrected chi connectivity index (χ2v) is 8.42. The Labute approximate surface area is 128 Å². The number of aliphatic imine (C=N–C) groups is 1. The molecule has 0 aromatic heterocycles. The molecule has 20 heavy (non-hydrogen) atoms. The highest BCUT2D eigenvalue weighted by atomic mass is 32.2. The first kappa shape index (κ1) is 14.7. The Morgan fingerprint density at radius 2 is 1.95 bits per heavy atom. The number of nitrogens with one attached hydrogen (secondary N) is 1. The molecule has 1 N–H and O–H groups in total. The van der Waals surface area contributed by atoms with Crippen LogP contribution in [-0.4, -0.2) is 24.0 Å². The van der Waals surface area contributed by atoms with Gasteiger partial charge in [-0.25, -0.2) is 0 Å². The Balaban J connectivity index is 1.36. The molecule has 2 aliphatic carbocycles. The monoisotopic (exact) mass is 294 g/mol. The minimum absolute atomic E-state index is 0.579. The molecule has 0 atom stereocenters. The van der Waals surface area contributed by atoms with Crippen molar-refractivity contribution in [2.45, 2.75) is 64.7 Å². The Bertz CT molecular complexity index is 339. The number of hydrogen-bond donors (Lipinski definition) is 1. The highest BCUT2D eigenvalue weighted by molar-refractivity contribution is 8.13. The van der Waals surface area contributed by atoms with Gasteiger partial charge < -0.3 is 5.32 Å². The van der Waals surface area contributed by atoms with E-state index in [4.69, 9.17) is 4.99 Å². The van der Waals surface area contributed by atoms with E-state index in [1.165, 1.54) is 68.7 Å². The van der Waals surface area contributed by atoms with Gasteiger partial charge in [-0.05, 0) is 36.5 Å². The van der Waals surface area contributed by atoms with Crippen molar-refractivity contribution in [3.05, 3.63) is 0 Å². The number of nitrogens with zero attached hydrogens (tertiary/aromatic N) is 1. The fourth-order valence-electron chi connectivity index (χ4n) is 4.09. The van der Waals surface area contributed by atoms with Crippen LogP contribution in [0.5, 0.6) is 0 Å². The first-order valence-electron chi connectivity index (χ1n) is 8.67. The van der Waals surface area contributed by atoms with Crippen LogP contribution in [0, 0.1) is 17.3 Å². The molecule has 3 rings (SSSR count). The zero-order chi connectivity index (χ0) is 13.8. The maximum atomic E-state index is 4.83. The Morgan fingerprint density at radius 1 is 1.20 bits per heavy atom. The molecule has 2 fully saturated rings. The SMILES string of the molecule is CC1CCC(CCNC2=NCC3(CCCC3)CS2)CC1. The minimum atomic E-state index is 0.579. The molecule has 0 amide bonds. The lowest BCUT2D eigenvalue weighted by Gasteiger charge is -2.31. The minimum Gasteiger partial charge on any atom is -0.365 e. The lowest BCUT2D eigenvalue weighted by atomic mass is 9.81. The maximum absolute atomic E-state index is 4.83. The van der Waals surface area contributed by atoms with E-state index >= 15 is 0 Å². The molecule has 0 aromatic carbocycles. The Kier molecular flexibility index (Phi) is 4.95. The Morgan fingerprint density at radius 3 is 2.60 bits per heavy atom. The molecule has 0 radical (unpaired) electrons. The summed E-state index contributed by atoms with van der Waals surface area (Å²) in [5.74, 6) is 3.24. The summed E-state index contributed by atoms with van der Waals surface area (Å²) in [5, 5.41) is 4.83. The average molecular weight is 295 g/mol. The van der Waals surface area contributed by atoms with Gasteiger partial charge in [-0.3, -0.25) is 4.99 Å². The third kappa shape index (κ3) is 3.72. The summed E-state index contributed by atoms with van der Waals surface area (Å²) in [7, 11) is 0. The van der Waals surface area contributed by atoms with E-state index in [0.29, 0.717) is 5.41 Å². The predicted molar refractivity (Wildman–Crippen MR) is 89.4 cm³/mol. The first-order valence-corrected chi connectivity index (χ1v) is 9.65. The highest BCUT2D eigenvalue weighted by Gasteiger charge is 2.36. The maximum Gasteiger partial charge on any atom is 0.156 e. The molecule has 0 unspecified atom stereocenters. The fourth-order valence-corrected chi connectivity index (χ4v) is 5.27. The van der Waals surface area contributed by atoms with Crippen LogP contribution in [0.2, 0.25) is 0 Å². The average Bonchev–Trinajstić information content (AvgIpc) is 2.92. The smallest absolute Gasteiger partial charge is 0.156 e. The largest absolute Gasteiger partial charge is 0.365 e. The van der Waals surface area contributed by atoms with Crippen molar-refractivity contribution in [2.75, 3.05) is 18.8 Å². The predicted octanol–water partition coefficient (Wildman–Crippen LogP) is 4.46. The lowest BCUT2D eigenvalue weighted by molar-refractivity contribution is 0.278. The number of thioether (sulfide) groups is 1. The van der Waals surface area contributed by atoms with E-state index in [1.807, 2.05) is 11.8 Å². The van der Waals surface area contributed by atoms with Crippen LogP contribution in [0.4, 0.5) is 0 Å². The summed E-state index contributed by atoms with van der Waals surface area (Å²) in [6.45, 7) is 4.63. The molecule has 3 aliphatic rings. The van der Waals surface area contributed by atoms with Gasteiger partial charge >= 0.3 is 0 Å². The van der Waals surface area contributed by atoms with Crippen LogP contribution in [0.3, 0.4) is 0 Å². The zero-order valence-corrected chi connectivity index (χ0v) is 13.8. The Hall–Kier alpha value is -0.180. The van der Waals surface area contributed by atoms with Crippen LogP contribution >= 0.6 is 11.8 Å². The highest BCUT2D eigenvalue weighted by Crippen LogP contribution is 2.43. The lowest BCUT2D eigenvalue weighted by Crippen LogP contribution is -2.34. The van der Waals surface area contributed by atoms with Crippen LogP contribution in [0.25, 0.3) is 0 Å². The van der Waals surface area contributed by atoms with Crippen molar-refractivity contribution in [3.63, 3.8) is 0 Å². The molecule has 2 saturated carbocycles. The van der Waals surface area contributed by atoms with E-state index in [0.717, 1.165) is 24.9 Å². The van der Waals surface area contributed by atoms with Gasteiger partial charge in [0.1, 0.15) is 0 Å². The summed E-state index contributed by atoms with van der Waals surface area (Å²) in [4.78, 5) is 4.83. The quantitative estimate of drug-likeness (QED) is 0.831. The molecular weight excluding hydrogens is 264 g/mol. The summed E-state index contributed by atoms with van der Waals surface area (Å²) in [6, 6.07) is 0. The number of amidine groups is 1. The van der Waals surface area contributed by atoms with Crippen molar-refractivity contribution in [1.29, 1.82) is 0 Å². The summed E-state index contributed by atoms with van der Waals surface area (Å²) in [6.07, 6.45) is 12.8. The second kappa shape index (κ2) is 6.72. The molecule has 1 aliphatic heterocycles. The third-order valence-corrected chi connectivity index (χ3v) is 7.01. The summed E-state index contributed by atoms with van der Waals surface area (Å²) >= 11 is 1.99. The van der Waals surface area contributed by atoms with Crippen molar-refractivity contribution >= 4 is 16.9 Å². The normalized spacial score (nSPS) is 33.1. The van der Waals surface area contributed by atoms with Crippen LogP contribution in [0.1, 0.15) is 64.7 Å². The van der Waals surface area contributed by atoms with Gasteiger partial charge in [0.15, 0.2) is 5.17 Å². The summed E-state index contributed by atoms with van der Waals surface area (Å²) in [5.41, 5.74) is 0.579. The molecule has 0 aromatic rings. The van der Waals surface area contributed by atoms with Gasteiger partial charge in [0.25, 0.3) is 0 Å². The van der Waals surface area contributed by atoms with E-state index < -0.39 is 0 Å². The van der Waals surface area contributed by atoms with Crippen molar-refractivity contribution in [3.8, 4) is 0 Å².